The molecule has 0 amide bonds. The minimum absolute atomic E-state index is 0.278. The third-order valence-electron chi connectivity index (χ3n) is 3.28. The molecule has 0 radical (unpaired) electrons. The maximum atomic E-state index is 11.5. The Morgan fingerprint density at radius 2 is 2.00 bits per heavy atom. The topological polar surface area (TPSA) is 90.0 Å². The van der Waals surface area contributed by atoms with Crippen molar-refractivity contribution in [3.05, 3.63) is 48.0 Å². The first-order valence-electron chi connectivity index (χ1n) is 6.74. The molecule has 0 aliphatic rings. The highest BCUT2D eigenvalue weighted by Crippen LogP contribution is 2.22. The van der Waals surface area contributed by atoms with E-state index in [1.54, 1.807) is 30.5 Å². The van der Waals surface area contributed by atoms with E-state index < -0.39 is 9.84 Å². The second-order valence-electron chi connectivity index (χ2n) is 4.92. The average molecular weight is 308 g/mol. The Labute approximate surface area is 124 Å². The fraction of sp³-hybridized carbons (Fsp3) is 0.357. The van der Waals surface area contributed by atoms with Gasteiger partial charge in [0.05, 0.1) is 4.90 Å². The molecule has 0 saturated heterocycles. The van der Waals surface area contributed by atoms with Crippen LogP contribution in [0, 0.1) is 0 Å². The summed E-state index contributed by atoms with van der Waals surface area (Å²) in [4.78, 5) is 4.65. The zero-order valence-corrected chi connectivity index (χ0v) is 13.0. The number of nitrogens with two attached hydrogens (primary N) is 1. The lowest BCUT2D eigenvalue weighted by Gasteiger charge is -2.18. The number of sulfone groups is 1. The summed E-state index contributed by atoms with van der Waals surface area (Å²) in [5.74, 6) is 6.47. The molecule has 1 aromatic carbocycles. The molecular weight excluding hydrogens is 288 g/mol. The summed E-state index contributed by atoms with van der Waals surface area (Å²) < 4.78 is 25.0. The molecule has 0 spiro atoms. The summed E-state index contributed by atoms with van der Waals surface area (Å²) >= 11 is 0. The Bertz CT molecular complexity index is 692. The maximum absolute atomic E-state index is 11.5. The summed E-state index contributed by atoms with van der Waals surface area (Å²) in [5.41, 5.74) is 3.61. The molecule has 1 aromatic heterocycles. The van der Waals surface area contributed by atoms with E-state index in [1.165, 1.54) is 6.26 Å². The van der Waals surface area contributed by atoms with Crippen molar-refractivity contribution >= 4 is 9.84 Å². The van der Waals surface area contributed by atoms with Crippen molar-refractivity contribution in [2.24, 2.45) is 5.84 Å². The highest BCUT2D eigenvalue weighted by Gasteiger charge is 2.18. The predicted octanol–water partition coefficient (Wildman–Crippen LogP) is 1.25. The summed E-state index contributed by atoms with van der Waals surface area (Å²) in [6.07, 6.45) is 5.83. The highest BCUT2D eigenvalue weighted by atomic mass is 32.2. The molecule has 2 aromatic rings. The molecule has 114 valence electrons. The molecule has 6 nitrogen and oxygen atoms in total. The summed E-state index contributed by atoms with van der Waals surface area (Å²) in [6, 6.07) is 6.40. The standard InChI is InChI=1S/C14H20N4O2S/c1-3-9-18-10-8-16-14(18)13(17-15)11-4-6-12(7-5-11)21(2,19)20/h4-8,10,13,17H,3,9,15H2,1-2H3. The van der Waals surface area contributed by atoms with Crippen LogP contribution in [0.1, 0.15) is 30.8 Å². The molecule has 0 aliphatic carbocycles. The van der Waals surface area contributed by atoms with E-state index in [4.69, 9.17) is 5.84 Å². The number of hydrogen-bond acceptors (Lipinski definition) is 5. The first-order chi connectivity index (χ1) is 9.97. The summed E-state index contributed by atoms with van der Waals surface area (Å²) in [7, 11) is -3.20. The van der Waals surface area contributed by atoms with Gasteiger partial charge >= 0.3 is 0 Å². The van der Waals surface area contributed by atoms with Gasteiger partial charge < -0.3 is 4.57 Å². The van der Waals surface area contributed by atoms with E-state index in [1.807, 2.05) is 10.8 Å². The van der Waals surface area contributed by atoms with Crippen molar-refractivity contribution in [2.45, 2.75) is 30.8 Å². The molecule has 0 aliphatic heterocycles. The van der Waals surface area contributed by atoms with Gasteiger partial charge in [0.2, 0.25) is 0 Å². The first kappa shape index (κ1) is 15.7. The molecule has 1 unspecified atom stereocenters. The van der Waals surface area contributed by atoms with Crippen LogP contribution in [0.15, 0.2) is 41.6 Å². The van der Waals surface area contributed by atoms with Crippen LogP contribution in [-0.4, -0.2) is 24.2 Å². The van der Waals surface area contributed by atoms with Crippen molar-refractivity contribution in [3.8, 4) is 0 Å². The number of hydrazine groups is 1. The monoisotopic (exact) mass is 308 g/mol. The van der Waals surface area contributed by atoms with Gasteiger partial charge in [-0.05, 0) is 24.1 Å². The molecule has 1 heterocycles. The van der Waals surface area contributed by atoms with Crippen LogP contribution in [0.3, 0.4) is 0 Å². The SMILES string of the molecule is CCCn1ccnc1C(NN)c1ccc(S(C)(=O)=O)cc1. The van der Waals surface area contributed by atoms with Crippen molar-refractivity contribution in [1.82, 2.24) is 15.0 Å². The van der Waals surface area contributed by atoms with E-state index in [9.17, 15) is 8.42 Å². The number of nitrogens with one attached hydrogen (secondary N) is 1. The minimum atomic E-state index is -3.20. The lowest BCUT2D eigenvalue weighted by atomic mass is 10.1. The second-order valence-corrected chi connectivity index (χ2v) is 6.94. The fourth-order valence-electron chi connectivity index (χ4n) is 2.24. The van der Waals surface area contributed by atoms with Crippen molar-refractivity contribution < 1.29 is 8.42 Å². The first-order valence-corrected chi connectivity index (χ1v) is 8.63. The maximum Gasteiger partial charge on any atom is 0.175 e. The Morgan fingerprint density at radius 1 is 1.33 bits per heavy atom. The van der Waals surface area contributed by atoms with Crippen molar-refractivity contribution in [2.75, 3.05) is 6.26 Å². The Balaban J connectivity index is 2.35. The van der Waals surface area contributed by atoms with Gasteiger partial charge in [-0.3, -0.25) is 5.84 Å². The Hall–Kier alpha value is -1.70. The molecule has 0 saturated carbocycles. The number of aryl methyl sites for hydroxylation is 1. The molecular formula is C14H20N4O2S. The average Bonchev–Trinajstić information content (AvgIpc) is 2.88. The molecule has 3 N–H and O–H groups in total. The van der Waals surface area contributed by atoms with Crippen molar-refractivity contribution in [3.63, 3.8) is 0 Å². The van der Waals surface area contributed by atoms with Crippen LogP contribution in [0.25, 0.3) is 0 Å². The second kappa shape index (κ2) is 6.38. The van der Waals surface area contributed by atoms with Gasteiger partial charge in [0.15, 0.2) is 9.84 Å². The molecule has 7 heteroatoms. The van der Waals surface area contributed by atoms with Crippen LogP contribution >= 0.6 is 0 Å². The van der Waals surface area contributed by atoms with Gasteiger partial charge in [-0.1, -0.05) is 19.1 Å². The van der Waals surface area contributed by atoms with Gasteiger partial charge in [-0.2, -0.15) is 0 Å². The number of rotatable bonds is 6. The van der Waals surface area contributed by atoms with E-state index in [0.29, 0.717) is 4.90 Å². The molecule has 21 heavy (non-hydrogen) atoms. The van der Waals surface area contributed by atoms with Crippen LogP contribution in [0.2, 0.25) is 0 Å². The zero-order chi connectivity index (χ0) is 15.5. The van der Waals surface area contributed by atoms with Crippen LogP contribution in [0.5, 0.6) is 0 Å². The number of aromatic nitrogens is 2. The number of imidazole rings is 1. The molecule has 1 atom stereocenters. The van der Waals surface area contributed by atoms with Gasteiger partial charge in [0.1, 0.15) is 11.9 Å². The van der Waals surface area contributed by atoms with E-state index in [0.717, 1.165) is 24.4 Å². The largest absolute Gasteiger partial charge is 0.333 e. The quantitative estimate of drug-likeness (QED) is 0.619. The van der Waals surface area contributed by atoms with Crippen LogP contribution < -0.4 is 11.3 Å². The van der Waals surface area contributed by atoms with Crippen molar-refractivity contribution in [1.29, 1.82) is 0 Å². The smallest absolute Gasteiger partial charge is 0.175 e. The third kappa shape index (κ3) is 3.49. The van der Waals surface area contributed by atoms with E-state index in [2.05, 4.69) is 17.3 Å². The normalized spacial score (nSPS) is 13.3. The third-order valence-corrected chi connectivity index (χ3v) is 4.41. The van der Waals surface area contributed by atoms with E-state index in [-0.39, 0.29) is 6.04 Å². The number of nitrogens with zero attached hydrogens (tertiary/aromatic N) is 2. The fourth-order valence-corrected chi connectivity index (χ4v) is 2.87. The Morgan fingerprint density at radius 3 is 2.52 bits per heavy atom. The lowest BCUT2D eigenvalue weighted by molar-refractivity contribution is 0.545. The molecule has 2 rings (SSSR count). The van der Waals surface area contributed by atoms with Gasteiger partial charge in [-0.25, -0.2) is 18.8 Å². The van der Waals surface area contributed by atoms with Gasteiger partial charge in [0.25, 0.3) is 0 Å². The summed E-state index contributed by atoms with van der Waals surface area (Å²) in [6.45, 7) is 2.95. The number of hydrogen-bond donors (Lipinski definition) is 2. The highest BCUT2D eigenvalue weighted by molar-refractivity contribution is 7.90. The van der Waals surface area contributed by atoms with Gasteiger partial charge in [0, 0.05) is 25.2 Å². The summed E-state index contributed by atoms with van der Waals surface area (Å²) in [5, 5.41) is 0. The molecule has 0 bridgehead atoms. The lowest BCUT2D eigenvalue weighted by Crippen LogP contribution is -2.31. The zero-order valence-electron chi connectivity index (χ0n) is 12.2. The minimum Gasteiger partial charge on any atom is -0.333 e. The van der Waals surface area contributed by atoms with Crippen LogP contribution in [-0.2, 0) is 16.4 Å². The Kier molecular flexibility index (Phi) is 4.76. The molecule has 0 fully saturated rings. The van der Waals surface area contributed by atoms with E-state index >= 15 is 0 Å². The van der Waals surface area contributed by atoms with Gasteiger partial charge in [-0.15, -0.1) is 0 Å². The predicted molar refractivity (Wildman–Crippen MR) is 81.2 cm³/mol. The number of benzene rings is 1. The van der Waals surface area contributed by atoms with Crippen LogP contribution in [0.4, 0.5) is 0 Å².